The number of hydrogen-bond acceptors (Lipinski definition) is 6. The number of carbonyl (C=O) groups excluding carboxylic acids is 2. The molecule has 0 radical (unpaired) electrons. The molecular formula is C28H22N4O4. The molecule has 0 saturated heterocycles. The standard InChI is InChI=1S/C28H22N4O4/c1-31-22-11-7-6-10-19(22)28(26(31)34)27(21(15-29)24(30)36-28)20-14-18(35-2)12-13-23(20)32(25(27)33)16-17-8-4-3-5-9-17/h3-14H,16,30H2,1-2H3. The maximum Gasteiger partial charge on any atom is 0.277 e. The zero-order chi connectivity index (χ0) is 25.2. The first kappa shape index (κ1) is 21.7. The van der Waals surface area contributed by atoms with Crippen molar-refractivity contribution >= 4 is 23.2 Å². The Morgan fingerprint density at radius 3 is 2.42 bits per heavy atom. The van der Waals surface area contributed by atoms with Gasteiger partial charge in [-0.3, -0.25) is 9.59 Å². The van der Waals surface area contributed by atoms with Crippen LogP contribution in [0.15, 0.2) is 84.3 Å². The molecule has 3 aliphatic rings. The zero-order valence-electron chi connectivity index (χ0n) is 19.7. The van der Waals surface area contributed by atoms with E-state index in [2.05, 4.69) is 6.07 Å². The number of carbonyl (C=O) groups is 2. The minimum Gasteiger partial charge on any atom is -0.497 e. The van der Waals surface area contributed by atoms with Crippen LogP contribution in [0.4, 0.5) is 11.4 Å². The summed E-state index contributed by atoms with van der Waals surface area (Å²) in [5, 5.41) is 10.4. The van der Waals surface area contributed by atoms with Gasteiger partial charge in [0, 0.05) is 23.9 Å². The van der Waals surface area contributed by atoms with Crippen LogP contribution in [-0.2, 0) is 31.9 Å². The normalized spacial score (nSPS) is 23.8. The number of hydrogen-bond donors (Lipinski definition) is 1. The fraction of sp³-hybridized carbons (Fsp3) is 0.179. The highest BCUT2D eigenvalue weighted by molar-refractivity contribution is 6.20. The summed E-state index contributed by atoms with van der Waals surface area (Å²) in [6.07, 6.45) is 0. The molecule has 0 saturated carbocycles. The molecule has 0 bridgehead atoms. The van der Waals surface area contributed by atoms with Crippen molar-refractivity contribution in [2.75, 3.05) is 24.0 Å². The first-order chi connectivity index (χ1) is 17.4. The van der Waals surface area contributed by atoms with Crippen LogP contribution in [0.5, 0.6) is 5.75 Å². The first-order valence-electron chi connectivity index (χ1n) is 11.4. The number of nitrogens with two attached hydrogens (primary N) is 1. The predicted molar refractivity (Wildman–Crippen MR) is 132 cm³/mol. The summed E-state index contributed by atoms with van der Waals surface area (Å²) in [5.74, 6) is -0.683. The van der Waals surface area contributed by atoms with Gasteiger partial charge in [0.05, 0.1) is 19.3 Å². The van der Waals surface area contributed by atoms with Crippen LogP contribution in [0.25, 0.3) is 0 Å². The minimum atomic E-state index is -1.88. The molecule has 2 N–H and O–H groups in total. The highest BCUT2D eigenvalue weighted by Gasteiger charge is 2.78. The van der Waals surface area contributed by atoms with E-state index in [0.29, 0.717) is 28.3 Å². The van der Waals surface area contributed by atoms with E-state index in [1.54, 1.807) is 54.4 Å². The molecule has 36 heavy (non-hydrogen) atoms. The first-order valence-corrected chi connectivity index (χ1v) is 11.4. The third-order valence-electron chi connectivity index (χ3n) is 7.42. The Labute approximate surface area is 207 Å². The fourth-order valence-electron chi connectivity index (χ4n) is 5.89. The van der Waals surface area contributed by atoms with Crippen molar-refractivity contribution < 1.29 is 19.1 Å². The third kappa shape index (κ3) is 2.37. The minimum absolute atomic E-state index is 0.0870. The molecule has 8 heteroatoms. The number of fused-ring (bicyclic) bond motifs is 5. The number of nitriles is 1. The molecule has 0 fully saturated rings. The van der Waals surface area contributed by atoms with Gasteiger partial charge in [0.2, 0.25) is 17.4 Å². The van der Waals surface area contributed by atoms with E-state index < -0.39 is 22.8 Å². The topological polar surface area (TPSA) is 109 Å². The maximum absolute atomic E-state index is 14.7. The van der Waals surface area contributed by atoms with Gasteiger partial charge < -0.3 is 25.0 Å². The lowest BCUT2D eigenvalue weighted by atomic mass is 9.62. The van der Waals surface area contributed by atoms with Crippen LogP contribution in [0.2, 0.25) is 0 Å². The number of anilines is 2. The van der Waals surface area contributed by atoms with E-state index in [1.165, 1.54) is 12.0 Å². The van der Waals surface area contributed by atoms with Crippen LogP contribution in [0, 0.1) is 11.3 Å². The number of amides is 2. The van der Waals surface area contributed by atoms with Crippen molar-refractivity contribution in [1.29, 1.82) is 5.26 Å². The average Bonchev–Trinajstić information content (AvgIpc) is 3.41. The Morgan fingerprint density at radius 2 is 1.69 bits per heavy atom. The van der Waals surface area contributed by atoms with E-state index in [0.717, 1.165) is 5.56 Å². The van der Waals surface area contributed by atoms with Crippen LogP contribution in [0.3, 0.4) is 0 Å². The Balaban J connectivity index is 1.70. The molecule has 2 spiro atoms. The number of rotatable bonds is 3. The summed E-state index contributed by atoms with van der Waals surface area (Å²) >= 11 is 0. The van der Waals surface area contributed by atoms with Crippen LogP contribution in [-0.4, -0.2) is 26.0 Å². The third-order valence-corrected chi connectivity index (χ3v) is 7.42. The Kier molecular flexibility index (Phi) is 4.45. The SMILES string of the molecule is COc1ccc2c(c1)C1(C(=O)N2Cc2ccccc2)C(C#N)=C(N)OC12C(=O)N(C)c1ccccc12. The smallest absolute Gasteiger partial charge is 0.277 e. The van der Waals surface area contributed by atoms with Gasteiger partial charge in [-0.25, -0.2) is 0 Å². The van der Waals surface area contributed by atoms with Crippen LogP contribution >= 0.6 is 0 Å². The van der Waals surface area contributed by atoms with Crippen molar-refractivity contribution in [1.82, 2.24) is 0 Å². The number of methoxy groups -OCH3 is 1. The molecule has 0 aliphatic carbocycles. The Bertz CT molecular complexity index is 1530. The number of likely N-dealkylation sites (N-methyl/N-ethyl adjacent to an activating group) is 1. The largest absolute Gasteiger partial charge is 0.497 e. The van der Waals surface area contributed by atoms with Crippen molar-refractivity contribution in [3.63, 3.8) is 0 Å². The number of ether oxygens (including phenoxy) is 2. The summed E-state index contributed by atoms with van der Waals surface area (Å²) in [4.78, 5) is 31.9. The second-order valence-electron chi connectivity index (χ2n) is 9.03. The van der Waals surface area contributed by atoms with Crippen molar-refractivity contribution in [2.24, 2.45) is 5.73 Å². The molecule has 3 aromatic carbocycles. The molecule has 0 aromatic heterocycles. The van der Waals surface area contributed by atoms with Gasteiger partial charge in [-0.15, -0.1) is 0 Å². The predicted octanol–water partition coefficient (Wildman–Crippen LogP) is 3.08. The quantitative estimate of drug-likeness (QED) is 0.620. The van der Waals surface area contributed by atoms with E-state index in [-0.39, 0.29) is 18.0 Å². The van der Waals surface area contributed by atoms with Crippen molar-refractivity contribution in [3.8, 4) is 11.8 Å². The molecule has 6 rings (SSSR count). The molecule has 3 heterocycles. The Morgan fingerprint density at radius 1 is 0.972 bits per heavy atom. The van der Waals surface area contributed by atoms with E-state index in [4.69, 9.17) is 15.2 Å². The second-order valence-corrected chi connectivity index (χ2v) is 9.03. The number of nitrogens with zero attached hydrogens (tertiary/aromatic N) is 3. The lowest BCUT2D eigenvalue weighted by Crippen LogP contribution is -2.58. The Hall–Kier alpha value is -4.77. The van der Waals surface area contributed by atoms with E-state index in [1.807, 2.05) is 30.3 Å². The molecule has 2 amide bonds. The maximum atomic E-state index is 14.7. The summed E-state index contributed by atoms with van der Waals surface area (Å²) in [6.45, 7) is 0.237. The van der Waals surface area contributed by atoms with Crippen molar-refractivity contribution in [3.05, 3.63) is 101 Å². The molecule has 178 valence electrons. The highest BCUT2D eigenvalue weighted by Crippen LogP contribution is 2.65. The summed E-state index contributed by atoms with van der Waals surface area (Å²) in [6, 6.07) is 24.0. The summed E-state index contributed by atoms with van der Waals surface area (Å²) in [7, 11) is 3.15. The molecule has 2 unspecified atom stereocenters. The van der Waals surface area contributed by atoms with Gasteiger partial charge >= 0.3 is 0 Å². The lowest BCUT2D eigenvalue weighted by molar-refractivity contribution is -0.148. The summed E-state index contributed by atoms with van der Waals surface area (Å²) < 4.78 is 11.7. The average molecular weight is 479 g/mol. The number of para-hydroxylation sites is 1. The monoisotopic (exact) mass is 478 g/mol. The fourth-order valence-corrected chi connectivity index (χ4v) is 5.89. The highest BCUT2D eigenvalue weighted by atomic mass is 16.5. The number of benzene rings is 3. The van der Waals surface area contributed by atoms with E-state index >= 15 is 0 Å². The van der Waals surface area contributed by atoms with Crippen LogP contribution in [0.1, 0.15) is 16.7 Å². The molecule has 3 aromatic rings. The van der Waals surface area contributed by atoms with Gasteiger partial charge in [-0.2, -0.15) is 5.26 Å². The van der Waals surface area contributed by atoms with Crippen LogP contribution < -0.4 is 20.3 Å². The van der Waals surface area contributed by atoms with Gasteiger partial charge in [0.25, 0.3) is 5.91 Å². The molecule has 2 atom stereocenters. The molecule has 8 nitrogen and oxygen atoms in total. The lowest BCUT2D eigenvalue weighted by Gasteiger charge is -2.37. The summed E-state index contributed by atoms with van der Waals surface area (Å²) in [5.41, 5.74) is 5.49. The van der Waals surface area contributed by atoms with Gasteiger partial charge in [0.1, 0.15) is 17.4 Å². The zero-order valence-corrected chi connectivity index (χ0v) is 19.7. The van der Waals surface area contributed by atoms with Gasteiger partial charge in [-0.1, -0.05) is 48.5 Å². The van der Waals surface area contributed by atoms with Gasteiger partial charge in [0.15, 0.2) is 5.41 Å². The van der Waals surface area contributed by atoms with Crippen molar-refractivity contribution in [2.45, 2.75) is 17.6 Å². The van der Waals surface area contributed by atoms with Gasteiger partial charge in [-0.05, 0) is 29.8 Å². The second kappa shape index (κ2) is 7.36. The van der Waals surface area contributed by atoms with E-state index in [9.17, 15) is 14.9 Å². The molecular weight excluding hydrogens is 456 g/mol. The molecule has 3 aliphatic heterocycles.